The van der Waals surface area contributed by atoms with Gasteiger partial charge in [-0.15, -0.1) is 19.7 Å². The van der Waals surface area contributed by atoms with Crippen LogP contribution in [-0.4, -0.2) is 61.4 Å². The van der Waals surface area contributed by atoms with Crippen molar-refractivity contribution in [2.24, 2.45) is 15.8 Å². The fourth-order valence-electron chi connectivity index (χ4n) is 6.50. The van der Waals surface area contributed by atoms with Crippen molar-refractivity contribution < 1.29 is 0 Å². The molecule has 0 saturated carbocycles. The summed E-state index contributed by atoms with van der Waals surface area (Å²) in [6, 6.07) is 7.11. The fraction of sp³-hybridized carbons (Fsp3) is 0.604. The van der Waals surface area contributed by atoms with Crippen LogP contribution in [0.4, 0.5) is 0 Å². The highest BCUT2D eigenvalue weighted by molar-refractivity contribution is 6.30. The van der Waals surface area contributed by atoms with Crippen LogP contribution in [0.2, 0.25) is 0 Å². The van der Waals surface area contributed by atoms with Crippen molar-refractivity contribution in [1.29, 1.82) is 0 Å². The Balaban J connectivity index is 0.00000122. The molecule has 2 heterocycles. The van der Waals surface area contributed by atoms with Gasteiger partial charge in [0.1, 0.15) is 5.84 Å². The Kier molecular flexibility index (Phi) is 23.8. The molecule has 7 heteroatoms. The molecule has 0 atom stereocenters. The third kappa shape index (κ3) is 18.3. The minimum absolute atomic E-state index is 0.393. The number of rotatable bonds is 12. The standard InChI is InChI=1S/C37H57ClN6.C6H14.C3H6.C2H4/c1-8-11-28(4)41-36(42-40-20-19-39-9-2)35(29(5)44-22-17-37(6,7)18-23-44)31-14-15-32-25-43(21-16-30(32)24-31)26-33-27(3)12-10-13-34(33)38;1-5-6(2,3)4;1-3-2;1-2/h11-12,14-15,24,39-40H,8-10,13,16-23,25-26H2,1-7H3,(H,41,42);5H2,1-4H3;3H,1H2,2H3;1-2H2/b28-11+,35-29+;;;. The van der Waals surface area contributed by atoms with Crippen molar-refractivity contribution in [1.82, 2.24) is 26.0 Å². The van der Waals surface area contributed by atoms with Gasteiger partial charge in [-0.3, -0.25) is 4.90 Å². The molecule has 1 saturated heterocycles. The molecule has 4 rings (SSSR count). The van der Waals surface area contributed by atoms with Crippen LogP contribution in [0.3, 0.4) is 0 Å². The van der Waals surface area contributed by atoms with Crippen LogP contribution in [0, 0.1) is 10.8 Å². The number of allylic oxidation sites excluding steroid dienone is 6. The van der Waals surface area contributed by atoms with Gasteiger partial charge in [0.05, 0.1) is 0 Å². The van der Waals surface area contributed by atoms with Gasteiger partial charge in [-0.25, -0.2) is 10.4 Å². The Bertz CT molecular complexity index is 1460. The molecule has 1 aromatic rings. The largest absolute Gasteiger partial charge is 0.374 e. The summed E-state index contributed by atoms with van der Waals surface area (Å²) in [5, 5.41) is 4.45. The second kappa shape index (κ2) is 26.1. The van der Waals surface area contributed by atoms with Crippen molar-refractivity contribution in [3.63, 3.8) is 0 Å². The molecule has 0 unspecified atom stereocenters. The summed E-state index contributed by atoms with van der Waals surface area (Å²) in [7, 11) is 0. The molecule has 0 spiro atoms. The maximum absolute atomic E-state index is 6.68. The van der Waals surface area contributed by atoms with Crippen LogP contribution in [0.1, 0.15) is 138 Å². The Labute approximate surface area is 344 Å². The van der Waals surface area contributed by atoms with Gasteiger partial charge in [-0.2, -0.15) is 0 Å². The maximum atomic E-state index is 6.68. The molecule has 310 valence electrons. The number of hydrogen-bond donors (Lipinski definition) is 3. The van der Waals surface area contributed by atoms with E-state index in [-0.39, 0.29) is 0 Å². The van der Waals surface area contributed by atoms with Crippen LogP contribution in [-0.2, 0) is 13.0 Å². The van der Waals surface area contributed by atoms with Gasteiger partial charge in [-0.1, -0.05) is 110 Å². The summed E-state index contributed by atoms with van der Waals surface area (Å²) >= 11 is 6.68. The van der Waals surface area contributed by atoms with E-state index in [1.54, 1.807) is 6.08 Å². The lowest BCUT2D eigenvalue weighted by molar-refractivity contribution is 0.163. The molecule has 0 radical (unpaired) electrons. The average Bonchev–Trinajstić information content (AvgIpc) is 3.14. The molecule has 1 aromatic carbocycles. The first kappa shape index (κ1) is 50.1. The summed E-state index contributed by atoms with van der Waals surface area (Å²) in [4.78, 5) is 10.3. The first-order chi connectivity index (χ1) is 26.1. The number of halogens is 1. The molecule has 0 aromatic heterocycles. The van der Waals surface area contributed by atoms with Crippen LogP contribution in [0.25, 0.3) is 5.57 Å². The third-order valence-electron chi connectivity index (χ3n) is 10.5. The van der Waals surface area contributed by atoms with E-state index in [0.717, 1.165) is 94.6 Å². The van der Waals surface area contributed by atoms with E-state index in [1.165, 1.54) is 58.4 Å². The van der Waals surface area contributed by atoms with E-state index in [4.69, 9.17) is 16.6 Å². The highest BCUT2D eigenvalue weighted by atomic mass is 35.5. The molecule has 1 aliphatic carbocycles. The summed E-state index contributed by atoms with van der Waals surface area (Å²) in [6.07, 6.45) is 14.0. The van der Waals surface area contributed by atoms with Crippen LogP contribution < -0.4 is 16.2 Å². The normalized spacial score (nSPS) is 17.9. The summed E-state index contributed by atoms with van der Waals surface area (Å²) < 4.78 is 0. The summed E-state index contributed by atoms with van der Waals surface area (Å²) in [5.74, 6) is 0.893. The number of benzene rings is 1. The molecule has 0 bridgehead atoms. The molecule has 2 aliphatic heterocycles. The highest BCUT2D eigenvalue weighted by Gasteiger charge is 2.28. The topological polar surface area (TPSA) is 54.9 Å². The van der Waals surface area contributed by atoms with Crippen LogP contribution >= 0.6 is 11.6 Å². The number of nitrogens with zero attached hydrogens (tertiary/aromatic N) is 3. The second-order valence-corrected chi connectivity index (χ2v) is 17.3. The Morgan fingerprint density at radius 3 is 2.20 bits per heavy atom. The molecule has 1 fully saturated rings. The smallest absolute Gasteiger partial charge is 0.150 e. The Morgan fingerprint density at radius 2 is 1.64 bits per heavy atom. The number of piperidine rings is 1. The first-order valence-electron chi connectivity index (χ1n) is 21.0. The van der Waals surface area contributed by atoms with Gasteiger partial charge in [0.25, 0.3) is 0 Å². The van der Waals surface area contributed by atoms with Gasteiger partial charge in [0.2, 0.25) is 0 Å². The van der Waals surface area contributed by atoms with E-state index < -0.39 is 0 Å². The zero-order valence-corrected chi connectivity index (χ0v) is 38.2. The monoisotopic (exact) mass is 777 g/mol. The second-order valence-electron chi connectivity index (χ2n) is 16.8. The minimum atomic E-state index is 0.393. The van der Waals surface area contributed by atoms with E-state index in [9.17, 15) is 0 Å². The average molecular weight is 778 g/mol. The number of fused-ring (bicyclic) bond motifs is 1. The van der Waals surface area contributed by atoms with E-state index in [1.807, 2.05) is 6.92 Å². The zero-order chi connectivity index (χ0) is 41.6. The lowest BCUT2D eigenvalue weighted by atomic mass is 9.82. The van der Waals surface area contributed by atoms with E-state index in [0.29, 0.717) is 10.8 Å². The predicted molar refractivity (Wildman–Crippen MR) is 247 cm³/mol. The van der Waals surface area contributed by atoms with Crippen LogP contribution in [0.15, 0.2) is 88.7 Å². The van der Waals surface area contributed by atoms with Crippen LogP contribution in [0.5, 0.6) is 0 Å². The van der Waals surface area contributed by atoms with Gasteiger partial charge in [0.15, 0.2) is 0 Å². The van der Waals surface area contributed by atoms with Crippen molar-refractivity contribution in [2.75, 3.05) is 45.8 Å². The summed E-state index contributed by atoms with van der Waals surface area (Å²) in [5.41, 5.74) is 18.2. The van der Waals surface area contributed by atoms with Crippen molar-refractivity contribution >= 4 is 23.0 Å². The van der Waals surface area contributed by atoms with Gasteiger partial charge in [0, 0.05) is 67.8 Å². The van der Waals surface area contributed by atoms with Crippen molar-refractivity contribution in [2.45, 2.75) is 135 Å². The lowest BCUT2D eigenvalue weighted by Crippen LogP contribution is -2.43. The molecule has 55 heavy (non-hydrogen) atoms. The Morgan fingerprint density at radius 1 is 1.00 bits per heavy atom. The van der Waals surface area contributed by atoms with Crippen molar-refractivity contribution in [3.05, 3.63) is 100 Å². The number of nitrogens with one attached hydrogen (secondary N) is 3. The molecule has 6 nitrogen and oxygen atoms in total. The van der Waals surface area contributed by atoms with Gasteiger partial charge < -0.3 is 15.6 Å². The summed E-state index contributed by atoms with van der Waals surface area (Å²) in [6.45, 7) is 43.6. The van der Waals surface area contributed by atoms with Crippen molar-refractivity contribution in [3.8, 4) is 0 Å². The predicted octanol–water partition coefficient (Wildman–Crippen LogP) is 12.0. The molecule has 3 N–H and O–H groups in total. The molecular formula is C48H81ClN6. The number of aliphatic imine (C=N–C) groups is 1. The molecule has 0 amide bonds. The van der Waals surface area contributed by atoms with Gasteiger partial charge in [-0.05, 0) is 111 Å². The number of likely N-dealkylation sites (N-methyl/N-ethyl adjacent to an activating group) is 1. The maximum Gasteiger partial charge on any atom is 0.150 e. The van der Waals surface area contributed by atoms with Gasteiger partial charge >= 0.3 is 0 Å². The SMILES string of the molecule is C=C.C=CC.CC/C=C(C)/N=C(NNCCNCC)/C(=C(\C)N1CCC(C)(C)CC1)c1ccc2c(c1)CCN(CC1=C(Cl)CCC=C1C)C2.CCC(C)(C)C. The van der Waals surface area contributed by atoms with E-state index in [2.05, 4.69) is 152 Å². The van der Waals surface area contributed by atoms with E-state index >= 15 is 0 Å². The quantitative estimate of drug-likeness (QED) is 0.0649. The number of amidine groups is 1. The Hall–Kier alpha value is -2.90. The number of likely N-dealkylation sites (tertiary alicyclic amines) is 1. The zero-order valence-electron chi connectivity index (χ0n) is 37.4. The number of hydrazine groups is 1. The number of hydrogen-bond acceptors (Lipinski definition) is 5. The molecular weight excluding hydrogens is 696 g/mol. The fourth-order valence-corrected chi connectivity index (χ4v) is 6.82. The highest BCUT2D eigenvalue weighted by Crippen LogP contribution is 2.35. The third-order valence-corrected chi connectivity index (χ3v) is 10.9. The lowest BCUT2D eigenvalue weighted by Gasteiger charge is -2.39. The molecule has 3 aliphatic rings. The minimum Gasteiger partial charge on any atom is -0.374 e. The first-order valence-corrected chi connectivity index (χ1v) is 21.3.